The van der Waals surface area contributed by atoms with Gasteiger partial charge in [0.2, 0.25) is 0 Å². The van der Waals surface area contributed by atoms with Crippen molar-refractivity contribution >= 4 is 22.6 Å². The summed E-state index contributed by atoms with van der Waals surface area (Å²) in [6.45, 7) is 2.54. The molecule has 0 radical (unpaired) electrons. The molecule has 0 saturated carbocycles. The molecule has 1 N–H and O–H groups in total. The van der Waals surface area contributed by atoms with Gasteiger partial charge >= 0.3 is 0 Å². The lowest BCUT2D eigenvalue weighted by Gasteiger charge is -1.98. The molecule has 0 bridgehead atoms. The van der Waals surface area contributed by atoms with Gasteiger partial charge in [0.1, 0.15) is 0 Å². The van der Waals surface area contributed by atoms with Gasteiger partial charge in [-0.25, -0.2) is 0 Å². The number of alkyl halides is 1. The zero-order valence-electron chi connectivity index (χ0n) is 5.23. The molecule has 0 aliphatic rings. The van der Waals surface area contributed by atoms with E-state index in [1.807, 2.05) is 0 Å². The summed E-state index contributed by atoms with van der Waals surface area (Å²) in [6, 6.07) is 0. The van der Waals surface area contributed by atoms with Gasteiger partial charge in [-0.05, 0) is 12.8 Å². The Labute approximate surface area is 64.6 Å². The van der Waals surface area contributed by atoms with E-state index in [0.717, 1.165) is 10.3 Å². The number of unbranched alkanes of at least 4 members (excludes halogenated alkanes) is 1. The first-order chi connectivity index (χ1) is 3.77. The highest BCUT2D eigenvalue weighted by Gasteiger charge is 1.92. The lowest BCUT2D eigenvalue weighted by atomic mass is 10.2. The van der Waals surface area contributed by atoms with Crippen LogP contribution < -0.4 is 0 Å². The fraction of sp³-hybridized carbons (Fsp3) is 1.00. The largest absolute Gasteiger partial charge is 0.396 e. The molecule has 0 fully saturated rings. The molecule has 0 saturated heterocycles. The van der Waals surface area contributed by atoms with E-state index in [1.165, 1.54) is 12.8 Å². The Balaban J connectivity index is 2.72. The van der Waals surface area contributed by atoms with E-state index in [-0.39, 0.29) is 0 Å². The summed E-state index contributed by atoms with van der Waals surface area (Å²) >= 11 is 2.40. The lowest BCUT2D eigenvalue weighted by molar-refractivity contribution is 0.283. The highest BCUT2D eigenvalue weighted by molar-refractivity contribution is 14.1. The topological polar surface area (TPSA) is 20.2 Å². The minimum Gasteiger partial charge on any atom is -0.396 e. The molecule has 1 nitrogen and oxygen atoms in total. The molecular weight excluding hydrogens is 215 g/mol. The third-order valence-corrected chi connectivity index (χ3v) is 1.63. The predicted octanol–water partition coefficient (Wildman–Crippen LogP) is 1.97. The van der Waals surface area contributed by atoms with Crippen LogP contribution in [0.3, 0.4) is 0 Å². The molecule has 0 heterocycles. The normalized spacial score (nSPS) is 13.9. The minimum absolute atomic E-state index is 0.351. The van der Waals surface area contributed by atoms with Gasteiger partial charge in [-0.3, -0.25) is 0 Å². The zero-order valence-corrected chi connectivity index (χ0v) is 7.39. The third-order valence-electron chi connectivity index (χ3n) is 1.01. The van der Waals surface area contributed by atoms with Gasteiger partial charge in [0.15, 0.2) is 0 Å². The van der Waals surface area contributed by atoms with Gasteiger partial charge in [-0.1, -0.05) is 35.9 Å². The van der Waals surface area contributed by atoms with Crippen LogP contribution in [0.2, 0.25) is 0 Å². The second-order valence-electron chi connectivity index (χ2n) is 2.00. The lowest BCUT2D eigenvalue weighted by Crippen LogP contribution is -1.90. The fourth-order valence-electron chi connectivity index (χ4n) is 0.537. The number of rotatable bonds is 4. The zero-order chi connectivity index (χ0) is 6.41. The van der Waals surface area contributed by atoms with Crippen LogP contribution in [0.5, 0.6) is 0 Å². The van der Waals surface area contributed by atoms with Crippen LogP contribution in [0.1, 0.15) is 26.2 Å². The summed E-state index contributed by atoms with van der Waals surface area (Å²) in [6.07, 6.45) is 3.37. The SMILES string of the molecule is C[C@H](I)CCCCO. The quantitative estimate of drug-likeness (QED) is 0.443. The van der Waals surface area contributed by atoms with Crippen LogP contribution in [-0.2, 0) is 0 Å². The molecule has 2 heteroatoms. The van der Waals surface area contributed by atoms with Crippen molar-refractivity contribution in [1.29, 1.82) is 0 Å². The van der Waals surface area contributed by atoms with Crippen molar-refractivity contribution < 1.29 is 5.11 Å². The van der Waals surface area contributed by atoms with E-state index in [1.54, 1.807) is 0 Å². The van der Waals surface area contributed by atoms with E-state index in [9.17, 15) is 0 Å². The summed E-state index contributed by atoms with van der Waals surface area (Å²) in [7, 11) is 0. The Bertz CT molecular complexity index is 45.8. The van der Waals surface area contributed by atoms with Crippen molar-refractivity contribution in [2.24, 2.45) is 0 Å². The Hall–Kier alpha value is 0.690. The maximum absolute atomic E-state index is 8.38. The van der Waals surface area contributed by atoms with Crippen LogP contribution >= 0.6 is 22.6 Å². The minimum atomic E-state index is 0.351. The van der Waals surface area contributed by atoms with Gasteiger partial charge in [-0.2, -0.15) is 0 Å². The molecule has 0 unspecified atom stereocenters. The summed E-state index contributed by atoms with van der Waals surface area (Å²) < 4.78 is 0.763. The maximum Gasteiger partial charge on any atom is 0.0431 e. The molecule has 1 atom stereocenters. The van der Waals surface area contributed by atoms with Crippen LogP contribution in [-0.4, -0.2) is 15.6 Å². The van der Waals surface area contributed by atoms with Crippen molar-refractivity contribution in [3.63, 3.8) is 0 Å². The van der Waals surface area contributed by atoms with Crippen molar-refractivity contribution in [1.82, 2.24) is 0 Å². The average Bonchev–Trinajstić information content (AvgIpc) is 1.66. The van der Waals surface area contributed by atoms with Crippen LogP contribution in [0, 0.1) is 0 Å². The van der Waals surface area contributed by atoms with Crippen molar-refractivity contribution in [2.45, 2.75) is 30.1 Å². The first-order valence-corrected chi connectivity index (χ1v) is 4.27. The van der Waals surface area contributed by atoms with Crippen LogP contribution in [0.15, 0.2) is 0 Å². The number of aliphatic hydroxyl groups is 1. The second kappa shape index (κ2) is 5.82. The van der Waals surface area contributed by atoms with E-state index < -0.39 is 0 Å². The summed E-state index contributed by atoms with van der Waals surface area (Å²) in [5, 5.41) is 8.38. The number of hydrogen-bond acceptors (Lipinski definition) is 1. The molecular formula is C6H13IO. The monoisotopic (exact) mass is 228 g/mol. The molecule has 0 aliphatic carbocycles. The van der Waals surface area contributed by atoms with E-state index in [2.05, 4.69) is 29.5 Å². The van der Waals surface area contributed by atoms with Crippen LogP contribution in [0.4, 0.5) is 0 Å². The molecule has 0 rings (SSSR count). The number of aliphatic hydroxyl groups excluding tert-OH is 1. The summed E-state index contributed by atoms with van der Waals surface area (Å²) in [5.74, 6) is 0. The van der Waals surface area contributed by atoms with E-state index >= 15 is 0 Å². The standard InChI is InChI=1S/C6H13IO/c1-6(7)4-2-3-5-8/h6,8H,2-5H2,1H3/t6-/m0/s1. The Morgan fingerprint density at radius 1 is 1.50 bits per heavy atom. The van der Waals surface area contributed by atoms with Gasteiger partial charge in [0.25, 0.3) is 0 Å². The van der Waals surface area contributed by atoms with Gasteiger partial charge in [0, 0.05) is 10.5 Å². The number of hydrogen-bond donors (Lipinski definition) is 1. The number of halogens is 1. The van der Waals surface area contributed by atoms with Gasteiger partial charge < -0.3 is 5.11 Å². The Morgan fingerprint density at radius 2 is 2.12 bits per heavy atom. The van der Waals surface area contributed by atoms with Crippen LogP contribution in [0.25, 0.3) is 0 Å². The first-order valence-electron chi connectivity index (χ1n) is 3.02. The molecule has 8 heavy (non-hydrogen) atoms. The van der Waals surface area contributed by atoms with E-state index in [0.29, 0.717) is 6.61 Å². The molecule has 0 amide bonds. The predicted molar refractivity (Wildman–Crippen MR) is 44.4 cm³/mol. The summed E-state index contributed by atoms with van der Waals surface area (Å²) in [4.78, 5) is 0. The Morgan fingerprint density at radius 3 is 2.50 bits per heavy atom. The first kappa shape index (κ1) is 8.69. The highest BCUT2D eigenvalue weighted by Crippen LogP contribution is 2.07. The van der Waals surface area contributed by atoms with E-state index in [4.69, 9.17) is 5.11 Å². The molecule has 50 valence electrons. The maximum atomic E-state index is 8.38. The third kappa shape index (κ3) is 6.69. The highest BCUT2D eigenvalue weighted by atomic mass is 127. The van der Waals surface area contributed by atoms with Gasteiger partial charge in [0.05, 0.1) is 0 Å². The average molecular weight is 228 g/mol. The fourth-order valence-corrected chi connectivity index (χ4v) is 0.978. The second-order valence-corrected chi connectivity index (χ2v) is 4.13. The Kier molecular flexibility index (Phi) is 6.32. The molecule has 0 spiro atoms. The summed E-state index contributed by atoms with van der Waals surface area (Å²) in [5.41, 5.74) is 0. The van der Waals surface area contributed by atoms with Gasteiger partial charge in [-0.15, -0.1) is 0 Å². The molecule has 0 aliphatic heterocycles. The smallest absolute Gasteiger partial charge is 0.0431 e. The van der Waals surface area contributed by atoms with Crippen molar-refractivity contribution in [2.75, 3.05) is 6.61 Å². The molecule has 0 aromatic heterocycles. The van der Waals surface area contributed by atoms with Crippen molar-refractivity contribution in [3.05, 3.63) is 0 Å². The molecule has 0 aromatic carbocycles. The molecule has 0 aromatic rings. The van der Waals surface area contributed by atoms with Crippen molar-refractivity contribution in [3.8, 4) is 0 Å².